The molecule has 1 atom stereocenters. The Bertz CT molecular complexity index is 1250. The summed E-state index contributed by atoms with van der Waals surface area (Å²) in [5, 5.41) is 1.82. The number of nitrogens with zero attached hydrogens (tertiary/aromatic N) is 1. The number of carbonyl (C=O) groups is 1. The number of nitrogen functional groups attached to an aromatic ring is 1. The molecule has 0 saturated heterocycles. The summed E-state index contributed by atoms with van der Waals surface area (Å²) in [5.74, 6) is 0.434. The molecule has 1 aliphatic heterocycles. The smallest absolute Gasteiger partial charge is 0.306 e. The molecule has 2 aromatic heterocycles. The molecule has 0 bridgehead atoms. The number of aliphatic imine (C=N–C) groups is 1. The van der Waals surface area contributed by atoms with Gasteiger partial charge in [0.1, 0.15) is 22.0 Å². The Labute approximate surface area is 200 Å². The van der Waals surface area contributed by atoms with E-state index in [2.05, 4.69) is 15.0 Å². The highest BCUT2D eigenvalue weighted by atomic mass is 32.2. The number of rotatable bonds is 9. The van der Waals surface area contributed by atoms with Crippen LogP contribution in [0.4, 0.5) is 5.69 Å². The van der Waals surface area contributed by atoms with Crippen molar-refractivity contribution in [1.29, 1.82) is 0 Å². The molecule has 4 N–H and O–H groups in total. The Balaban J connectivity index is 1.69. The van der Waals surface area contributed by atoms with Crippen molar-refractivity contribution in [2.45, 2.75) is 18.6 Å². The SMILES string of the molecule is CCOC(=O)CC1CN=C(c2cc3cc(OCCOC)c(-c4ccc[nH]c4=S)c(N)c3[nH]2)S1. The van der Waals surface area contributed by atoms with Crippen LogP contribution in [0.3, 0.4) is 0 Å². The van der Waals surface area contributed by atoms with Crippen LogP contribution in [0.1, 0.15) is 19.0 Å². The molecule has 1 unspecified atom stereocenters. The molecule has 3 aromatic rings. The van der Waals surface area contributed by atoms with Gasteiger partial charge in [0.05, 0.1) is 48.6 Å². The summed E-state index contributed by atoms with van der Waals surface area (Å²) in [6, 6.07) is 7.75. The highest BCUT2D eigenvalue weighted by Crippen LogP contribution is 2.41. The fourth-order valence-electron chi connectivity index (χ4n) is 3.72. The number of aromatic amines is 2. The number of fused-ring (bicyclic) bond motifs is 1. The number of aromatic nitrogens is 2. The first-order valence-corrected chi connectivity index (χ1v) is 11.9. The van der Waals surface area contributed by atoms with Gasteiger partial charge in [0.25, 0.3) is 0 Å². The van der Waals surface area contributed by atoms with Gasteiger partial charge in [-0.15, -0.1) is 0 Å². The Morgan fingerprint density at radius 2 is 2.21 bits per heavy atom. The van der Waals surface area contributed by atoms with Gasteiger partial charge in [-0.25, -0.2) is 0 Å². The zero-order valence-electron chi connectivity index (χ0n) is 18.5. The van der Waals surface area contributed by atoms with Crippen molar-refractivity contribution in [3.05, 3.63) is 40.8 Å². The van der Waals surface area contributed by atoms with Crippen molar-refractivity contribution in [2.75, 3.05) is 39.2 Å². The number of hydrogen-bond donors (Lipinski definition) is 3. The Kier molecular flexibility index (Phi) is 7.36. The predicted octanol–water partition coefficient (Wildman–Crippen LogP) is 4.32. The van der Waals surface area contributed by atoms with Gasteiger partial charge in [-0.2, -0.15) is 0 Å². The average molecular weight is 487 g/mol. The van der Waals surface area contributed by atoms with Crippen molar-refractivity contribution < 1.29 is 19.0 Å². The number of pyridine rings is 1. The van der Waals surface area contributed by atoms with E-state index in [0.717, 1.165) is 32.8 Å². The Morgan fingerprint density at radius 1 is 1.36 bits per heavy atom. The fourth-order valence-corrected chi connectivity index (χ4v) is 5.02. The zero-order valence-corrected chi connectivity index (χ0v) is 20.1. The molecule has 0 amide bonds. The van der Waals surface area contributed by atoms with E-state index in [0.29, 0.717) is 48.9 Å². The van der Waals surface area contributed by atoms with Gasteiger partial charge in [-0.1, -0.05) is 24.0 Å². The van der Waals surface area contributed by atoms with Crippen LogP contribution in [0.25, 0.3) is 22.0 Å². The van der Waals surface area contributed by atoms with E-state index >= 15 is 0 Å². The highest BCUT2D eigenvalue weighted by Gasteiger charge is 2.26. The number of thioether (sulfide) groups is 1. The molecule has 174 valence electrons. The molecule has 0 fully saturated rings. The Morgan fingerprint density at radius 3 is 2.97 bits per heavy atom. The van der Waals surface area contributed by atoms with E-state index in [1.807, 2.05) is 24.3 Å². The molecule has 4 rings (SSSR count). The molecule has 3 heterocycles. The van der Waals surface area contributed by atoms with E-state index in [9.17, 15) is 4.79 Å². The molecule has 0 saturated carbocycles. The largest absolute Gasteiger partial charge is 0.490 e. The van der Waals surface area contributed by atoms with Gasteiger partial charge >= 0.3 is 5.97 Å². The van der Waals surface area contributed by atoms with Gasteiger partial charge in [-0.3, -0.25) is 9.79 Å². The van der Waals surface area contributed by atoms with E-state index < -0.39 is 0 Å². The number of nitrogens with one attached hydrogen (secondary N) is 2. The van der Waals surface area contributed by atoms with E-state index in [-0.39, 0.29) is 11.2 Å². The number of hydrogen-bond acceptors (Lipinski definition) is 8. The first-order valence-electron chi connectivity index (χ1n) is 10.6. The van der Waals surface area contributed by atoms with Crippen molar-refractivity contribution >= 4 is 51.6 Å². The molecule has 0 spiro atoms. The zero-order chi connectivity index (χ0) is 23.4. The minimum absolute atomic E-state index is 0.0638. The maximum absolute atomic E-state index is 11.8. The lowest BCUT2D eigenvalue weighted by molar-refractivity contribution is -0.143. The molecular formula is C23H26N4O4S2. The number of H-pyrrole nitrogens is 2. The summed E-state index contributed by atoms with van der Waals surface area (Å²) in [5.41, 5.74) is 10.4. The standard InChI is InChI=1S/C23H26N4O4S2/c1-3-30-18(28)11-14-12-26-23(33-14)16-9-13-10-17(31-8-7-29-2)19(20(24)21(13)27-16)15-5-4-6-25-22(15)32/h4-6,9-10,14,27H,3,7-8,11-12,24H2,1-2H3,(H,25,32). The van der Waals surface area contributed by atoms with Crippen molar-refractivity contribution in [3.8, 4) is 16.9 Å². The van der Waals surface area contributed by atoms with Crippen molar-refractivity contribution in [2.24, 2.45) is 4.99 Å². The van der Waals surface area contributed by atoms with Crippen LogP contribution in [-0.4, -0.2) is 59.7 Å². The van der Waals surface area contributed by atoms with E-state index in [1.165, 1.54) is 0 Å². The molecule has 8 nitrogen and oxygen atoms in total. The minimum atomic E-state index is -0.200. The van der Waals surface area contributed by atoms with Crippen molar-refractivity contribution in [1.82, 2.24) is 9.97 Å². The maximum atomic E-state index is 11.8. The number of methoxy groups -OCH3 is 1. The normalized spacial score (nSPS) is 15.6. The first-order chi connectivity index (χ1) is 16.0. The quantitative estimate of drug-likeness (QED) is 0.179. The summed E-state index contributed by atoms with van der Waals surface area (Å²) in [6.45, 7) is 3.59. The van der Waals surface area contributed by atoms with Crippen LogP contribution in [0.5, 0.6) is 5.75 Å². The molecule has 0 aliphatic carbocycles. The van der Waals surface area contributed by atoms with Crippen LogP contribution in [0.15, 0.2) is 35.5 Å². The number of nitrogens with two attached hydrogens (primary N) is 1. The van der Waals surface area contributed by atoms with Crippen LogP contribution >= 0.6 is 24.0 Å². The molecule has 10 heteroatoms. The molecule has 1 aromatic carbocycles. The third-order valence-corrected chi connectivity index (χ3v) is 6.76. The van der Waals surface area contributed by atoms with Crippen LogP contribution in [0.2, 0.25) is 0 Å². The van der Waals surface area contributed by atoms with Gasteiger partial charge < -0.3 is 29.9 Å². The Hall–Kier alpha value is -2.82. The topological polar surface area (TPSA) is 115 Å². The summed E-state index contributed by atoms with van der Waals surface area (Å²) in [4.78, 5) is 22.9. The summed E-state index contributed by atoms with van der Waals surface area (Å²) >= 11 is 7.08. The predicted molar refractivity (Wildman–Crippen MR) is 135 cm³/mol. The van der Waals surface area contributed by atoms with Crippen LogP contribution in [0, 0.1) is 4.64 Å². The van der Waals surface area contributed by atoms with Gasteiger partial charge in [0.2, 0.25) is 0 Å². The third-order valence-electron chi connectivity index (χ3n) is 5.20. The second kappa shape index (κ2) is 10.4. The van der Waals surface area contributed by atoms with Crippen molar-refractivity contribution in [3.63, 3.8) is 0 Å². The van der Waals surface area contributed by atoms with Gasteiger partial charge in [0, 0.05) is 29.5 Å². The fraction of sp³-hybridized carbons (Fsp3) is 0.348. The second-order valence-electron chi connectivity index (χ2n) is 7.46. The summed E-state index contributed by atoms with van der Waals surface area (Å²) in [6.07, 6.45) is 2.11. The number of anilines is 1. The summed E-state index contributed by atoms with van der Waals surface area (Å²) in [7, 11) is 1.63. The van der Waals surface area contributed by atoms with E-state index in [4.69, 9.17) is 32.2 Å². The highest BCUT2D eigenvalue weighted by molar-refractivity contribution is 8.15. The molecule has 33 heavy (non-hydrogen) atoms. The number of benzene rings is 1. The monoisotopic (exact) mass is 486 g/mol. The lowest BCUT2D eigenvalue weighted by atomic mass is 10.0. The first kappa shape index (κ1) is 23.3. The van der Waals surface area contributed by atoms with Crippen LogP contribution < -0.4 is 10.5 Å². The molecular weight excluding hydrogens is 460 g/mol. The van der Waals surface area contributed by atoms with E-state index in [1.54, 1.807) is 32.0 Å². The molecule has 1 aliphatic rings. The van der Waals surface area contributed by atoms with Crippen LogP contribution in [-0.2, 0) is 14.3 Å². The maximum Gasteiger partial charge on any atom is 0.306 e. The molecule has 0 radical (unpaired) electrons. The number of ether oxygens (including phenoxy) is 3. The van der Waals surface area contributed by atoms with Gasteiger partial charge in [-0.05, 0) is 31.2 Å². The average Bonchev–Trinajstić information content (AvgIpc) is 3.42. The second-order valence-corrected chi connectivity index (χ2v) is 9.16. The third kappa shape index (κ3) is 5.07. The van der Waals surface area contributed by atoms with Gasteiger partial charge in [0.15, 0.2) is 0 Å². The number of carbonyl (C=O) groups excluding carboxylic acids is 1. The minimum Gasteiger partial charge on any atom is -0.490 e. The number of esters is 1. The lowest BCUT2D eigenvalue weighted by Crippen LogP contribution is -2.14. The lowest BCUT2D eigenvalue weighted by Gasteiger charge is -2.15. The summed E-state index contributed by atoms with van der Waals surface area (Å²) < 4.78 is 16.8.